The SMILES string of the molecule is NCC1(c2cc(F)cc(F)c2F)CCCC1. The van der Waals surface area contributed by atoms with Crippen LogP contribution in [0.15, 0.2) is 12.1 Å². The normalized spacial score (nSPS) is 19.0. The van der Waals surface area contributed by atoms with Crippen molar-refractivity contribution in [2.24, 2.45) is 5.73 Å². The largest absolute Gasteiger partial charge is 0.330 e. The molecule has 1 aliphatic rings. The van der Waals surface area contributed by atoms with Crippen molar-refractivity contribution in [2.75, 3.05) is 6.54 Å². The van der Waals surface area contributed by atoms with Crippen LogP contribution in [0.25, 0.3) is 0 Å². The topological polar surface area (TPSA) is 26.0 Å². The molecule has 0 amide bonds. The first-order valence-corrected chi connectivity index (χ1v) is 5.44. The smallest absolute Gasteiger partial charge is 0.162 e. The summed E-state index contributed by atoms with van der Waals surface area (Å²) in [7, 11) is 0. The van der Waals surface area contributed by atoms with Crippen molar-refractivity contribution in [1.29, 1.82) is 0 Å². The molecule has 0 spiro atoms. The van der Waals surface area contributed by atoms with Gasteiger partial charge in [0.1, 0.15) is 5.82 Å². The van der Waals surface area contributed by atoms with E-state index in [1.54, 1.807) is 0 Å². The van der Waals surface area contributed by atoms with Gasteiger partial charge < -0.3 is 5.73 Å². The Kier molecular flexibility index (Phi) is 2.93. The first-order chi connectivity index (χ1) is 7.59. The maximum Gasteiger partial charge on any atom is 0.162 e. The van der Waals surface area contributed by atoms with E-state index in [1.807, 2.05) is 0 Å². The number of hydrogen-bond donors (Lipinski definition) is 1. The van der Waals surface area contributed by atoms with E-state index in [2.05, 4.69) is 0 Å². The van der Waals surface area contributed by atoms with Crippen LogP contribution in [0.5, 0.6) is 0 Å². The van der Waals surface area contributed by atoms with E-state index in [9.17, 15) is 13.2 Å². The van der Waals surface area contributed by atoms with Gasteiger partial charge in [-0.1, -0.05) is 12.8 Å². The maximum atomic E-state index is 13.7. The van der Waals surface area contributed by atoms with Gasteiger partial charge >= 0.3 is 0 Å². The summed E-state index contributed by atoms with van der Waals surface area (Å²) in [5, 5.41) is 0. The molecule has 0 radical (unpaired) electrons. The average molecular weight is 229 g/mol. The Morgan fingerprint density at radius 3 is 2.31 bits per heavy atom. The van der Waals surface area contributed by atoms with Gasteiger partial charge in [0.05, 0.1) is 0 Å². The van der Waals surface area contributed by atoms with Gasteiger partial charge in [-0.25, -0.2) is 13.2 Å². The summed E-state index contributed by atoms with van der Waals surface area (Å²) < 4.78 is 39.9. The zero-order chi connectivity index (χ0) is 11.8. The molecule has 0 unspecified atom stereocenters. The Balaban J connectivity index is 2.53. The van der Waals surface area contributed by atoms with Crippen LogP contribution in [-0.2, 0) is 5.41 Å². The van der Waals surface area contributed by atoms with Gasteiger partial charge in [-0.05, 0) is 18.9 Å². The molecule has 1 fully saturated rings. The average Bonchev–Trinajstić information content (AvgIpc) is 2.73. The molecule has 0 saturated heterocycles. The van der Waals surface area contributed by atoms with Crippen molar-refractivity contribution in [3.63, 3.8) is 0 Å². The molecule has 4 heteroatoms. The molecule has 2 rings (SSSR count). The summed E-state index contributed by atoms with van der Waals surface area (Å²) in [6.45, 7) is 0.229. The Morgan fingerprint density at radius 2 is 1.75 bits per heavy atom. The van der Waals surface area contributed by atoms with E-state index in [4.69, 9.17) is 5.73 Å². The lowest BCUT2D eigenvalue weighted by Crippen LogP contribution is -2.33. The van der Waals surface area contributed by atoms with Crippen molar-refractivity contribution < 1.29 is 13.2 Å². The number of rotatable bonds is 2. The van der Waals surface area contributed by atoms with Crippen molar-refractivity contribution in [3.05, 3.63) is 35.1 Å². The molecule has 0 bridgehead atoms. The second-order valence-corrected chi connectivity index (χ2v) is 4.44. The molecule has 1 saturated carbocycles. The van der Waals surface area contributed by atoms with Crippen LogP contribution in [-0.4, -0.2) is 6.54 Å². The molecular weight excluding hydrogens is 215 g/mol. The van der Waals surface area contributed by atoms with E-state index in [1.165, 1.54) is 0 Å². The lowest BCUT2D eigenvalue weighted by Gasteiger charge is -2.28. The van der Waals surface area contributed by atoms with Crippen LogP contribution >= 0.6 is 0 Å². The van der Waals surface area contributed by atoms with Gasteiger partial charge in [0, 0.05) is 23.6 Å². The number of hydrogen-bond acceptors (Lipinski definition) is 1. The highest BCUT2D eigenvalue weighted by atomic mass is 19.2. The summed E-state index contributed by atoms with van der Waals surface area (Å²) in [5.41, 5.74) is 5.18. The van der Waals surface area contributed by atoms with Crippen molar-refractivity contribution in [2.45, 2.75) is 31.1 Å². The second-order valence-electron chi connectivity index (χ2n) is 4.44. The predicted molar refractivity (Wildman–Crippen MR) is 55.5 cm³/mol. The Bertz CT molecular complexity index is 397. The van der Waals surface area contributed by atoms with Gasteiger partial charge in [-0.2, -0.15) is 0 Å². The molecule has 2 N–H and O–H groups in total. The van der Waals surface area contributed by atoms with Gasteiger partial charge in [0.15, 0.2) is 11.6 Å². The Labute approximate surface area is 92.5 Å². The van der Waals surface area contributed by atoms with Gasteiger partial charge in [0.25, 0.3) is 0 Å². The molecule has 88 valence electrons. The van der Waals surface area contributed by atoms with Crippen LogP contribution in [0.4, 0.5) is 13.2 Å². The van der Waals surface area contributed by atoms with Crippen molar-refractivity contribution in [3.8, 4) is 0 Å². The molecule has 1 aromatic carbocycles. The van der Waals surface area contributed by atoms with Gasteiger partial charge in [-0.15, -0.1) is 0 Å². The summed E-state index contributed by atoms with van der Waals surface area (Å²) >= 11 is 0. The molecule has 0 aromatic heterocycles. The van der Waals surface area contributed by atoms with E-state index in [-0.39, 0.29) is 12.1 Å². The quantitative estimate of drug-likeness (QED) is 0.775. The van der Waals surface area contributed by atoms with Crippen LogP contribution in [0.1, 0.15) is 31.2 Å². The summed E-state index contributed by atoms with van der Waals surface area (Å²) in [6.07, 6.45) is 3.25. The van der Waals surface area contributed by atoms with E-state index >= 15 is 0 Å². The zero-order valence-electron chi connectivity index (χ0n) is 8.90. The van der Waals surface area contributed by atoms with Crippen LogP contribution in [0.2, 0.25) is 0 Å². The van der Waals surface area contributed by atoms with Crippen molar-refractivity contribution in [1.82, 2.24) is 0 Å². The molecule has 1 aliphatic carbocycles. The lowest BCUT2D eigenvalue weighted by molar-refractivity contribution is 0.401. The van der Waals surface area contributed by atoms with Crippen LogP contribution in [0.3, 0.4) is 0 Å². The highest BCUT2D eigenvalue weighted by Crippen LogP contribution is 2.41. The maximum absolute atomic E-state index is 13.7. The minimum Gasteiger partial charge on any atom is -0.330 e. The highest BCUT2D eigenvalue weighted by molar-refractivity contribution is 5.30. The monoisotopic (exact) mass is 229 g/mol. The zero-order valence-corrected chi connectivity index (χ0v) is 8.90. The van der Waals surface area contributed by atoms with Crippen LogP contribution in [0, 0.1) is 17.5 Å². The number of halogens is 3. The third kappa shape index (κ3) is 1.71. The van der Waals surface area contributed by atoms with E-state index < -0.39 is 22.9 Å². The first kappa shape index (κ1) is 11.5. The summed E-state index contributed by atoms with van der Waals surface area (Å²) in [5.74, 6) is -2.82. The molecule has 0 atom stereocenters. The third-order valence-electron chi connectivity index (χ3n) is 3.52. The third-order valence-corrected chi connectivity index (χ3v) is 3.52. The fraction of sp³-hybridized carbons (Fsp3) is 0.500. The minimum absolute atomic E-state index is 0.102. The fourth-order valence-electron chi connectivity index (χ4n) is 2.58. The lowest BCUT2D eigenvalue weighted by atomic mass is 9.78. The standard InChI is InChI=1S/C12H14F3N/c13-8-5-9(11(15)10(14)6-8)12(7-16)3-1-2-4-12/h5-6H,1-4,7,16H2. The Morgan fingerprint density at radius 1 is 1.12 bits per heavy atom. The molecule has 16 heavy (non-hydrogen) atoms. The Hall–Kier alpha value is -1.03. The second kappa shape index (κ2) is 4.09. The number of nitrogens with two attached hydrogens (primary N) is 1. The highest BCUT2D eigenvalue weighted by Gasteiger charge is 2.37. The number of benzene rings is 1. The fourth-order valence-corrected chi connectivity index (χ4v) is 2.58. The van der Waals surface area contributed by atoms with Gasteiger partial charge in [0.2, 0.25) is 0 Å². The van der Waals surface area contributed by atoms with E-state index in [0.717, 1.165) is 18.9 Å². The van der Waals surface area contributed by atoms with E-state index in [0.29, 0.717) is 18.9 Å². The molecule has 1 nitrogen and oxygen atoms in total. The summed E-state index contributed by atoms with van der Waals surface area (Å²) in [4.78, 5) is 0. The minimum atomic E-state index is -1.13. The predicted octanol–water partition coefficient (Wildman–Crippen LogP) is 2.87. The summed E-state index contributed by atoms with van der Waals surface area (Å²) in [6, 6.07) is 1.65. The molecule has 1 aromatic rings. The molecule has 0 aliphatic heterocycles. The molecular formula is C12H14F3N. The van der Waals surface area contributed by atoms with Gasteiger partial charge in [-0.3, -0.25) is 0 Å². The molecule has 0 heterocycles. The first-order valence-electron chi connectivity index (χ1n) is 5.44. The van der Waals surface area contributed by atoms with Crippen molar-refractivity contribution >= 4 is 0 Å². The van der Waals surface area contributed by atoms with Crippen LogP contribution < -0.4 is 5.73 Å².